The normalized spacial score (nSPS) is 17.8. The highest BCUT2D eigenvalue weighted by atomic mass is 79.9. The van der Waals surface area contributed by atoms with E-state index < -0.39 is 0 Å². The highest BCUT2D eigenvalue weighted by molar-refractivity contribution is 9.09. The number of nitrogens with one attached hydrogen (secondary N) is 1. The van der Waals surface area contributed by atoms with Crippen LogP contribution in [-0.2, 0) is 10.2 Å². The summed E-state index contributed by atoms with van der Waals surface area (Å²) in [5, 5.41) is 3.15. The lowest BCUT2D eigenvalue weighted by atomic mass is 9.94. The van der Waals surface area contributed by atoms with Gasteiger partial charge in [-0.25, -0.2) is 0 Å². The minimum Gasteiger partial charge on any atom is -0.354 e. The molecule has 1 unspecified atom stereocenters. The van der Waals surface area contributed by atoms with Crippen molar-refractivity contribution in [1.29, 1.82) is 0 Å². The summed E-state index contributed by atoms with van der Waals surface area (Å²) in [4.78, 5) is 12.9. The first kappa shape index (κ1) is 15.6. The second-order valence-corrected chi connectivity index (χ2v) is 6.93. The Morgan fingerprint density at radius 2 is 1.85 bits per heavy atom. The van der Waals surface area contributed by atoms with E-state index in [1.165, 1.54) is 0 Å². The van der Waals surface area contributed by atoms with Gasteiger partial charge in [0, 0.05) is 11.4 Å². The molecule has 0 bridgehead atoms. The summed E-state index contributed by atoms with van der Waals surface area (Å²) >= 11 is 3.72. The molecule has 1 amide bonds. The number of alkyl halides is 1. The number of rotatable bonds is 7. The maximum Gasteiger partial charge on any atom is 0.230 e. The number of hydrogen-bond acceptors (Lipinski definition) is 1. The van der Waals surface area contributed by atoms with Crippen molar-refractivity contribution in [3.05, 3.63) is 35.9 Å². The fourth-order valence-corrected chi connectivity index (χ4v) is 3.76. The van der Waals surface area contributed by atoms with E-state index in [0.29, 0.717) is 10.7 Å². The molecule has 0 aliphatic heterocycles. The standard InChI is InChI=1S/C17H24BrNO/c1-3-13(4-2)15(18)12-19-16(20)17(10-11-17)14-8-6-5-7-9-14/h5-9,13,15H,3-4,10-12H2,1-2H3,(H,19,20). The van der Waals surface area contributed by atoms with E-state index in [1.807, 2.05) is 18.2 Å². The van der Waals surface area contributed by atoms with E-state index in [1.54, 1.807) is 0 Å². The summed E-state index contributed by atoms with van der Waals surface area (Å²) < 4.78 is 0. The van der Waals surface area contributed by atoms with Gasteiger partial charge in [0.05, 0.1) is 5.41 Å². The Labute approximate surface area is 130 Å². The summed E-state index contributed by atoms with van der Waals surface area (Å²) in [5.74, 6) is 0.821. The van der Waals surface area contributed by atoms with Crippen molar-refractivity contribution in [2.45, 2.75) is 49.8 Å². The summed E-state index contributed by atoms with van der Waals surface area (Å²) in [6, 6.07) is 10.2. The number of amides is 1. The molecule has 1 aliphatic rings. The number of hydrogen-bond donors (Lipinski definition) is 1. The first-order valence-electron chi connectivity index (χ1n) is 7.62. The monoisotopic (exact) mass is 337 g/mol. The molecule has 2 nitrogen and oxygen atoms in total. The molecule has 0 radical (unpaired) electrons. The maximum absolute atomic E-state index is 12.5. The van der Waals surface area contributed by atoms with Crippen LogP contribution in [0.15, 0.2) is 30.3 Å². The SMILES string of the molecule is CCC(CC)C(Br)CNC(=O)C1(c2ccccc2)CC1. The Bertz CT molecular complexity index is 438. The largest absolute Gasteiger partial charge is 0.354 e. The molecule has 1 atom stereocenters. The number of carbonyl (C=O) groups excluding carboxylic acids is 1. The molecule has 0 heterocycles. The van der Waals surface area contributed by atoms with Crippen molar-refractivity contribution < 1.29 is 4.79 Å². The average molecular weight is 338 g/mol. The maximum atomic E-state index is 12.5. The highest BCUT2D eigenvalue weighted by Gasteiger charge is 2.51. The zero-order chi connectivity index (χ0) is 14.6. The quantitative estimate of drug-likeness (QED) is 0.747. The first-order chi connectivity index (χ1) is 9.64. The van der Waals surface area contributed by atoms with E-state index in [-0.39, 0.29) is 11.3 Å². The lowest BCUT2D eigenvalue weighted by Crippen LogP contribution is -2.39. The fourth-order valence-electron chi connectivity index (χ4n) is 2.86. The van der Waals surface area contributed by atoms with E-state index in [2.05, 4.69) is 47.2 Å². The topological polar surface area (TPSA) is 29.1 Å². The first-order valence-corrected chi connectivity index (χ1v) is 8.53. The van der Waals surface area contributed by atoms with E-state index >= 15 is 0 Å². The molecule has 1 N–H and O–H groups in total. The van der Waals surface area contributed by atoms with Gasteiger partial charge in [0.2, 0.25) is 5.91 Å². The molecule has 1 saturated carbocycles. The second kappa shape index (κ2) is 6.75. The predicted octanol–water partition coefficient (Wildman–Crippen LogP) is 4.03. The third kappa shape index (κ3) is 3.25. The second-order valence-electron chi connectivity index (χ2n) is 5.75. The van der Waals surface area contributed by atoms with Crippen LogP contribution in [0, 0.1) is 5.92 Å². The summed E-state index contributed by atoms with van der Waals surface area (Å²) in [5.41, 5.74) is 0.910. The lowest BCUT2D eigenvalue weighted by molar-refractivity contribution is -0.123. The predicted molar refractivity (Wildman–Crippen MR) is 87.2 cm³/mol. The van der Waals surface area contributed by atoms with Crippen LogP contribution in [0.25, 0.3) is 0 Å². The van der Waals surface area contributed by atoms with E-state index in [9.17, 15) is 4.79 Å². The van der Waals surface area contributed by atoms with Gasteiger partial charge in [-0.05, 0) is 24.3 Å². The van der Waals surface area contributed by atoms with Crippen LogP contribution in [0.4, 0.5) is 0 Å². The molecule has 3 heteroatoms. The summed E-state index contributed by atoms with van der Waals surface area (Å²) in [7, 11) is 0. The summed E-state index contributed by atoms with van der Waals surface area (Å²) in [6.45, 7) is 5.13. The van der Waals surface area contributed by atoms with Gasteiger partial charge >= 0.3 is 0 Å². The Hall–Kier alpha value is -0.830. The zero-order valence-electron chi connectivity index (χ0n) is 12.4. The molecule has 20 heavy (non-hydrogen) atoms. The Kier molecular flexibility index (Phi) is 5.25. The van der Waals surface area contributed by atoms with Gasteiger partial charge < -0.3 is 5.32 Å². The van der Waals surface area contributed by atoms with Crippen molar-refractivity contribution in [3.8, 4) is 0 Å². The van der Waals surface area contributed by atoms with Gasteiger partial charge in [0.15, 0.2) is 0 Å². The molecule has 2 rings (SSSR count). The molecule has 1 fully saturated rings. The third-order valence-corrected chi connectivity index (χ3v) is 5.60. The van der Waals surface area contributed by atoms with E-state index in [4.69, 9.17) is 0 Å². The van der Waals surface area contributed by atoms with E-state index in [0.717, 1.165) is 37.8 Å². The Morgan fingerprint density at radius 1 is 1.25 bits per heavy atom. The van der Waals surface area contributed by atoms with Gasteiger partial charge in [-0.2, -0.15) is 0 Å². The van der Waals surface area contributed by atoms with Crippen molar-refractivity contribution in [2.75, 3.05) is 6.54 Å². The van der Waals surface area contributed by atoms with Crippen LogP contribution in [-0.4, -0.2) is 17.3 Å². The molecule has 1 aromatic rings. The van der Waals surface area contributed by atoms with Gasteiger partial charge in [-0.3, -0.25) is 4.79 Å². The smallest absolute Gasteiger partial charge is 0.230 e. The van der Waals surface area contributed by atoms with Gasteiger partial charge in [-0.1, -0.05) is 73.0 Å². The number of halogens is 1. The minimum atomic E-state index is -0.248. The summed E-state index contributed by atoms with van der Waals surface area (Å²) in [6.07, 6.45) is 4.24. The van der Waals surface area contributed by atoms with Crippen LogP contribution in [0.5, 0.6) is 0 Å². The van der Waals surface area contributed by atoms with Crippen LogP contribution >= 0.6 is 15.9 Å². The minimum absolute atomic E-state index is 0.194. The fraction of sp³-hybridized carbons (Fsp3) is 0.588. The van der Waals surface area contributed by atoms with Gasteiger partial charge in [-0.15, -0.1) is 0 Å². The average Bonchev–Trinajstić information content (AvgIpc) is 3.28. The van der Waals surface area contributed by atoms with Crippen molar-refractivity contribution in [1.82, 2.24) is 5.32 Å². The number of benzene rings is 1. The van der Waals surface area contributed by atoms with Crippen LogP contribution in [0.1, 0.15) is 45.1 Å². The van der Waals surface area contributed by atoms with Crippen molar-refractivity contribution in [3.63, 3.8) is 0 Å². The Balaban J connectivity index is 1.93. The van der Waals surface area contributed by atoms with Crippen LogP contribution in [0.3, 0.4) is 0 Å². The van der Waals surface area contributed by atoms with Gasteiger partial charge in [0.25, 0.3) is 0 Å². The van der Waals surface area contributed by atoms with Crippen molar-refractivity contribution in [2.24, 2.45) is 5.92 Å². The molecule has 1 aliphatic carbocycles. The molecule has 110 valence electrons. The molecular weight excluding hydrogens is 314 g/mol. The highest BCUT2D eigenvalue weighted by Crippen LogP contribution is 2.48. The molecule has 0 spiro atoms. The van der Waals surface area contributed by atoms with Crippen molar-refractivity contribution >= 4 is 21.8 Å². The molecule has 0 aromatic heterocycles. The Morgan fingerprint density at radius 3 is 2.35 bits per heavy atom. The molecule has 1 aromatic carbocycles. The third-order valence-electron chi connectivity index (χ3n) is 4.53. The molecular formula is C17H24BrNO. The molecule has 0 saturated heterocycles. The van der Waals surface area contributed by atoms with Crippen LogP contribution in [0.2, 0.25) is 0 Å². The van der Waals surface area contributed by atoms with Gasteiger partial charge in [0.1, 0.15) is 0 Å². The van der Waals surface area contributed by atoms with Crippen LogP contribution < -0.4 is 5.32 Å². The number of carbonyl (C=O) groups is 1. The lowest BCUT2D eigenvalue weighted by Gasteiger charge is -2.22. The zero-order valence-corrected chi connectivity index (χ0v) is 13.9.